The molecule has 15 nitrogen and oxygen atoms in total. The number of carboxylic acid groups (broad SMARTS) is 1. The molecule has 0 radical (unpaired) electrons. The second-order valence-electron chi connectivity index (χ2n) is 16.0. The van der Waals surface area contributed by atoms with Crippen LogP contribution in [-0.2, 0) is 23.9 Å². The first kappa shape index (κ1) is 40.6. The highest BCUT2D eigenvalue weighted by atomic mass is 16.6. The van der Waals surface area contributed by atoms with Gasteiger partial charge in [0, 0.05) is 41.1 Å². The fourth-order valence-corrected chi connectivity index (χ4v) is 7.11. The highest BCUT2D eigenvalue weighted by Gasteiger charge is 2.40. The Hall–Kier alpha value is -5.60. The summed E-state index contributed by atoms with van der Waals surface area (Å²) in [4.78, 5) is 83.8. The Balaban J connectivity index is 1.21. The van der Waals surface area contributed by atoms with Gasteiger partial charge in [-0.1, -0.05) is 39.8 Å². The highest BCUT2D eigenvalue weighted by molar-refractivity contribution is 6.01. The van der Waals surface area contributed by atoms with E-state index in [-0.39, 0.29) is 29.6 Å². The number of benzene rings is 2. The lowest BCUT2D eigenvalue weighted by Gasteiger charge is -2.31. The summed E-state index contributed by atoms with van der Waals surface area (Å²) in [5.74, 6) is -1.88. The smallest absolute Gasteiger partial charge is 0.408 e. The Kier molecular flexibility index (Phi) is 12.4. The van der Waals surface area contributed by atoms with Crippen molar-refractivity contribution in [2.75, 3.05) is 23.7 Å². The Morgan fingerprint density at radius 3 is 1.76 bits per heavy atom. The minimum atomic E-state index is -1.29. The topological polar surface area (TPSA) is 202 Å². The molecule has 296 valence electrons. The molecule has 6 N–H and O–H groups in total. The number of carbonyl (C=O) groups is 6. The Morgan fingerprint density at radius 2 is 1.25 bits per heavy atom. The number of nitrogens with zero attached hydrogens (tertiary/aromatic N) is 2. The van der Waals surface area contributed by atoms with Gasteiger partial charge in [-0.3, -0.25) is 19.2 Å². The summed E-state index contributed by atoms with van der Waals surface area (Å²) in [5, 5.41) is 20.9. The fraction of sp³-hybridized carbons (Fsp3) is 0.500. The van der Waals surface area contributed by atoms with Crippen molar-refractivity contribution in [3.8, 4) is 11.3 Å². The maximum Gasteiger partial charge on any atom is 0.408 e. The molecular weight excluding hydrogens is 706 g/mol. The third kappa shape index (κ3) is 9.94. The summed E-state index contributed by atoms with van der Waals surface area (Å²) in [6.45, 7) is 13.2. The Bertz CT molecular complexity index is 1920. The summed E-state index contributed by atoms with van der Waals surface area (Å²) in [6, 6.07) is 11.6. The van der Waals surface area contributed by atoms with Crippen LogP contribution in [0, 0.1) is 11.8 Å². The van der Waals surface area contributed by atoms with Crippen molar-refractivity contribution < 1.29 is 38.6 Å². The van der Waals surface area contributed by atoms with Crippen LogP contribution < -0.4 is 21.3 Å². The van der Waals surface area contributed by atoms with Gasteiger partial charge in [0.25, 0.3) is 0 Å². The summed E-state index contributed by atoms with van der Waals surface area (Å²) < 4.78 is 5.37. The van der Waals surface area contributed by atoms with Crippen LogP contribution in [0.15, 0.2) is 48.5 Å². The molecule has 3 heterocycles. The molecule has 1 aromatic heterocycles. The number of hydrogen-bond acceptors (Lipinski definition) is 7. The van der Waals surface area contributed by atoms with Crippen molar-refractivity contribution in [3.05, 3.63) is 48.5 Å². The maximum atomic E-state index is 13.6. The predicted octanol–water partition coefficient (Wildman–Crippen LogP) is 5.54. The molecule has 3 aromatic rings. The highest BCUT2D eigenvalue weighted by Crippen LogP contribution is 2.29. The number of nitrogens with one attached hydrogen (secondary N) is 5. The number of aromatic amines is 1. The molecule has 2 aliphatic rings. The molecule has 5 rings (SSSR count). The maximum absolute atomic E-state index is 13.6. The summed E-state index contributed by atoms with van der Waals surface area (Å²) >= 11 is 0. The Labute approximate surface area is 320 Å². The van der Waals surface area contributed by atoms with E-state index in [0.29, 0.717) is 50.1 Å². The van der Waals surface area contributed by atoms with Gasteiger partial charge in [-0.2, -0.15) is 0 Å². The number of amides is 6. The molecule has 0 bridgehead atoms. The number of fused-ring (bicyclic) bond motifs is 1. The molecule has 6 amide bonds. The zero-order valence-electron chi connectivity index (χ0n) is 32.5. The third-order valence-corrected chi connectivity index (χ3v) is 9.85. The van der Waals surface area contributed by atoms with Crippen molar-refractivity contribution >= 4 is 58.1 Å². The minimum absolute atomic E-state index is 0.224. The van der Waals surface area contributed by atoms with Crippen LogP contribution in [0.2, 0.25) is 0 Å². The van der Waals surface area contributed by atoms with E-state index in [1.54, 1.807) is 57.7 Å². The van der Waals surface area contributed by atoms with E-state index in [1.807, 2.05) is 44.2 Å². The van der Waals surface area contributed by atoms with Crippen LogP contribution in [0.1, 0.15) is 74.1 Å². The Morgan fingerprint density at radius 1 is 0.745 bits per heavy atom. The SMILES string of the molecule is CC(C)C(NC(=O)O)C(=O)N1CCC[C@H]1C(=O)Nc1ccc(-c2cc3cc(NC(=O)[C@@H]4CCCN4C(=O)C(NC(=O)OC(C)(C)C)C(C)C)ccc3[nH]2)cc1. The van der Waals surface area contributed by atoms with Crippen LogP contribution in [0.4, 0.5) is 21.0 Å². The van der Waals surface area contributed by atoms with E-state index in [2.05, 4.69) is 26.3 Å². The number of carbonyl (C=O) groups excluding carboxylic acids is 5. The molecule has 2 fully saturated rings. The molecule has 2 aromatic carbocycles. The number of ether oxygens (including phenoxy) is 1. The first-order chi connectivity index (χ1) is 25.9. The normalized spacial score (nSPS) is 18.3. The van der Waals surface area contributed by atoms with E-state index in [0.717, 1.165) is 22.2 Å². The van der Waals surface area contributed by atoms with Gasteiger partial charge in [0.15, 0.2) is 0 Å². The first-order valence-corrected chi connectivity index (χ1v) is 18.9. The fourth-order valence-electron chi connectivity index (χ4n) is 7.11. The van der Waals surface area contributed by atoms with Crippen molar-refractivity contribution in [3.63, 3.8) is 0 Å². The lowest BCUT2D eigenvalue weighted by atomic mass is 10.0. The number of anilines is 2. The van der Waals surface area contributed by atoms with Crippen LogP contribution in [0.25, 0.3) is 22.2 Å². The second kappa shape index (κ2) is 16.8. The van der Waals surface area contributed by atoms with Crippen molar-refractivity contribution in [2.24, 2.45) is 11.8 Å². The van der Waals surface area contributed by atoms with Crippen LogP contribution in [0.3, 0.4) is 0 Å². The second-order valence-corrected chi connectivity index (χ2v) is 16.0. The predicted molar refractivity (Wildman–Crippen MR) is 208 cm³/mol. The van der Waals surface area contributed by atoms with E-state index in [9.17, 15) is 33.9 Å². The number of H-pyrrole nitrogens is 1. The average molecular weight is 760 g/mol. The third-order valence-electron chi connectivity index (χ3n) is 9.85. The molecule has 0 saturated carbocycles. The van der Waals surface area contributed by atoms with Gasteiger partial charge < -0.3 is 45.9 Å². The quantitative estimate of drug-likeness (QED) is 0.146. The molecule has 2 saturated heterocycles. The van der Waals surface area contributed by atoms with Gasteiger partial charge in [0.2, 0.25) is 23.6 Å². The molecule has 55 heavy (non-hydrogen) atoms. The van der Waals surface area contributed by atoms with Crippen molar-refractivity contribution in [2.45, 2.75) is 104 Å². The van der Waals surface area contributed by atoms with Gasteiger partial charge in [0.1, 0.15) is 29.8 Å². The van der Waals surface area contributed by atoms with Crippen LogP contribution in [-0.4, -0.2) is 98.6 Å². The molecular formula is C40H53N7O8. The molecule has 0 aliphatic carbocycles. The summed E-state index contributed by atoms with van der Waals surface area (Å²) in [5.41, 5.74) is 2.93. The van der Waals surface area contributed by atoms with E-state index < -0.39 is 47.9 Å². The van der Waals surface area contributed by atoms with Gasteiger partial charge in [0.05, 0.1) is 0 Å². The summed E-state index contributed by atoms with van der Waals surface area (Å²) in [6.07, 6.45) is 0.308. The lowest BCUT2D eigenvalue weighted by Crippen LogP contribution is -2.55. The standard InChI is InChI=1S/C40H53N7O8/c1-22(2)32(44-38(52)53)36(50)46-18-8-10-30(46)34(48)41-26-14-12-24(13-15-26)29-21-25-20-27(16-17-28(25)43-29)42-35(49)31-11-9-19-47(31)37(51)33(23(3)4)45-39(54)55-40(5,6)7/h12-17,20-23,30-33,43-44H,8-11,18-19H2,1-7H3,(H,41,48)(H,42,49)(H,45,54)(H,52,53)/t30-,31-,32?,33?/m0/s1. The molecule has 0 spiro atoms. The average Bonchev–Trinajstić information content (AvgIpc) is 3.88. The van der Waals surface area contributed by atoms with Gasteiger partial charge >= 0.3 is 12.2 Å². The number of likely N-dealkylation sites (tertiary alicyclic amines) is 2. The van der Waals surface area contributed by atoms with E-state index >= 15 is 0 Å². The lowest BCUT2D eigenvalue weighted by molar-refractivity contribution is -0.139. The van der Waals surface area contributed by atoms with E-state index in [1.165, 1.54) is 4.90 Å². The van der Waals surface area contributed by atoms with Crippen molar-refractivity contribution in [1.82, 2.24) is 25.4 Å². The summed E-state index contributed by atoms with van der Waals surface area (Å²) in [7, 11) is 0. The number of alkyl carbamates (subject to hydrolysis) is 1. The number of rotatable bonds is 11. The minimum Gasteiger partial charge on any atom is -0.465 e. The van der Waals surface area contributed by atoms with Gasteiger partial charge in [-0.15, -0.1) is 0 Å². The zero-order valence-corrected chi connectivity index (χ0v) is 32.5. The zero-order chi connectivity index (χ0) is 40.2. The number of hydrogen-bond donors (Lipinski definition) is 6. The first-order valence-electron chi connectivity index (χ1n) is 18.9. The monoisotopic (exact) mass is 759 g/mol. The van der Waals surface area contributed by atoms with Crippen LogP contribution in [0.5, 0.6) is 0 Å². The van der Waals surface area contributed by atoms with E-state index in [4.69, 9.17) is 4.74 Å². The van der Waals surface area contributed by atoms with Gasteiger partial charge in [-0.05, 0) is 100 Å². The molecule has 15 heteroatoms. The van der Waals surface area contributed by atoms with Crippen LogP contribution >= 0.6 is 0 Å². The molecule has 2 aliphatic heterocycles. The van der Waals surface area contributed by atoms with Gasteiger partial charge in [-0.25, -0.2) is 9.59 Å². The van der Waals surface area contributed by atoms with Crippen molar-refractivity contribution in [1.29, 1.82) is 0 Å². The number of aromatic nitrogens is 1. The largest absolute Gasteiger partial charge is 0.465 e. The molecule has 4 atom stereocenters. The molecule has 2 unspecified atom stereocenters.